The molecule has 0 unspecified atom stereocenters. The van der Waals surface area contributed by atoms with Gasteiger partial charge in [0, 0.05) is 16.0 Å². The number of hydrogen-bond acceptors (Lipinski definition) is 1. The molecular weight excluding hydrogens is 264 g/mol. The summed E-state index contributed by atoms with van der Waals surface area (Å²) in [6.07, 6.45) is 4.53. The number of carbonyl (C=O) groups excluding carboxylic acids is 1. The van der Waals surface area contributed by atoms with Crippen molar-refractivity contribution in [3.63, 3.8) is 0 Å². The quantitative estimate of drug-likeness (QED) is 0.731. The minimum atomic E-state index is 0.261. The second-order valence-corrected chi connectivity index (χ2v) is 5.74. The van der Waals surface area contributed by atoms with E-state index in [0.29, 0.717) is 5.78 Å². The van der Waals surface area contributed by atoms with Gasteiger partial charge in [-0.3, -0.25) is 4.79 Å². The molecule has 2 heteroatoms. The maximum Gasteiger partial charge on any atom is 0.165 e. The largest absolute Gasteiger partial charge is 0.294 e. The Morgan fingerprint density at radius 2 is 1.69 bits per heavy atom. The van der Waals surface area contributed by atoms with Gasteiger partial charge in [0.1, 0.15) is 0 Å². The van der Waals surface area contributed by atoms with Gasteiger partial charge >= 0.3 is 0 Å². The first-order valence-electron chi connectivity index (χ1n) is 5.96. The van der Waals surface area contributed by atoms with Gasteiger partial charge in [0.05, 0.1) is 0 Å². The van der Waals surface area contributed by atoms with E-state index in [-0.39, 0.29) is 5.92 Å². The minimum absolute atomic E-state index is 0.261. The minimum Gasteiger partial charge on any atom is -0.294 e. The Bertz CT molecular complexity index is 361. The van der Waals surface area contributed by atoms with E-state index in [1.54, 1.807) is 0 Å². The third-order valence-corrected chi connectivity index (χ3v) is 4.04. The summed E-state index contributed by atoms with van der Waals surface area (Å²) in [4.78, 5) is 12.2. The van der Waals surface area contributed by atoms with Crippen LogP contribution in [0.2, 0.25) is 0 Å². The van der Waals surface area contributed by atoms with Gasteiger partial charge in [0.15, 0.2) is 5.78 Å². The zero-order chi connectivity index (χ0) is 11.5. The Morgan fingerprint density at radius 3 is 2.25 bits per heavy atom. The van der Waals surface area contributed by atoms with E-state index in [9.17, 15) is 4.79 Å². The van der Waals surface area contributed by atoms with Crippen LogP contribution >= 0.6 is 15.9 Å². The molecule has 1 saturated carbocycles. The van der Waals surface area contributed by atoms with Crippen LogP contribution in [0, 0.1) is 11.8 Å². The first-order valence-corrected chi connectivity index (χ1v) is 6.76. The van der Waals surface area contributed by atoms with Crippen LogP contribution in [0.1, 0.15) is 43.0 Å². The molecule has 16 heavy (non-hydrogen) atoms. The fourth-order valence-corrected chi connectivity index (χ4v) is 2.64. The number of rotatable bonds is 2. The fourth-order valence-electron chi connectivity index (χ4n) is 2.37. The van der Waals surface area contributed by atoms with Crippen molar-refractivity contribution in [2.45, 2.75) is 32.6 Å². The molecule has 86 valence electrons. The maximum absolute atomic E-state index is 12.2. The second kappa shape index (κ2) is 5.13. The first kappa shape index (κ1) is 11.8. The lowest BCUT2D eigenvalue weighted by molar-refractivity contribution is 0.0875. The van der Waals surface area contributed by atoms with Crippen LogP contribution in [-0.2, 0) is 0 Å². The fraction of sp³-hybridized carbons (Fsp3) is 0.500. The van der Waals surface area contributed by atoms with Crippen LogP contribution < -0.4 is 0 Å². The number of halogens is 1. The van der Waals surface area contributed by atoms with Crippen LogP contribution in [0.3, 0.4) is 0 Å². The van der Waals surface area contributed by atoms with Crippen molar-refractivity contribution in [2.75, 3.05) is 0 Å². The van der Waals surface area contributed by atoms with Crippen LogP contribution in [0.15, 0.2) is 28.7 Å². The van der Waals surface area contributed by atoms with Gasteiger partial charge in [-0.1, -0.05) is 47.8 Å². The standard InChI is InChI=1S/C14H17BrO/c1-10-2-4-11(5-3-10)14(16)12-6-8-13(15)9-7-12/h6-11H,2-5H2,1H3. The van der Waals surface area contributed by atoms with Crippen molar-refractivity contribution in [2.24, 2.45) is 11.8 Å². The summed E-state index contributed by atoms with van der Waals surface area (Å²) in [7, 11) is 0. The Kier molecular flexibility index (Phi) is 3.80. The highest BCUT2D eigenvalue weighted by Crippen LogP contribution is 2.30. The van der Waals surface area contributed by atoms with Gasteiger partial charge in [-0.05, 0) is 30.9 Å². The van der Waals surface area contributed by atoms with E-state index in [1.807, 2.05) is 24.3 Å². The maximum atomic E-state index is 12.2. The predicted octanol–water partition coefficient (Wildman–Crippen LogP) is 4.46. The normalized spacial score (nSPS) is 25.4. The van der Waals surface area contributed by atoms with Crippen molar-refractivity contribution in [1.29, 1.82) is 0 Å². The topological polar surface area (TPSA) is 17.1 Å². The monoisotopic (exact) mass is 280 g/mol. The summed E-state index contributed by atoms with van der Waals surface area (Å²) in [6.45, 7) is 2.28. The zero-order valence-electron chi connectivity index (χ0n) is 9.58. The molecule has 1 aromatic carbocycles. The summed E-state index contributed by atoms with van der Waals surface area (Å²) in [5.74, 6) is 1.39. The molecule has 0 N–H and O–H groups in total. The number of benzene rings is 1. The van der Waals surface area contributed by atoms with E-state index in [4.69, 9.17) is 0 Å². The SMILES string of the molecule is CC1CCC(C(=O)c2ccc(Br)cc2)CC1. The van der Waals surface area contributed by atoms with E-state index in [1.165, 1.54) is 12.8 Å². The predicted molar refractivity (Wildman–Crippen MR) is 69.6 cm³/mol. The van der Waals surface area contributed by atoms with Crippen molar-refractivity contribution in [1.82, 2.24) is 0 Å². The molecular formula is C14H17BrO. The number of ketones is 1. The Balaban J connectivity index is 2.05. The number of carbonyl (C=O) groups is 1. The first-order chi connectivity index (χ1) is 7.66. The van der Waals surface area contributed by atoms with Gasteiger partial charge in [0.2, 0.25) is 0 Å². The lowest BCUT2D eigenvalue weighted by Gasteiger charge is -2.25. The van der Waals surface area contributed by atoms with Crippen LogP contribution in [-0.4, -0.2) is 5.78 Å². The van der Waals surface area contributed by atoms with Gasteiger partial charge in [0.25, 0.3) is 0 Å². The highest BCUT2D eigenvalue weighted by Gasteiger charge is 2.24. The summed E-state index contributed by atoms with van der Waals surface area (Å²) >= 11 is 3.39. The molecule has 2 rings (SSSR count). The molecule has 0 bridgehead atoms. The second-order valence-electron chi connectivity index (χ2n) is 4.83. The zero-order valence-corrected chi connectivity index (χ0v) is 11.2. The number of hydrogen-bond donors (Lipinski definition) is 0. The molecule has 1 aromatic rings. The smallest absolute Gasteiger partial charge is 0.165 e. The van der Waals surface area contributed by atoms with E-state index in [0.717, 1.165) is 28.8 Å². The average molecular weight is 281 g/mol. The lowest BCUT2D eigenvalue weighted by Crippen LogP contribution is -2.20. The highest BCUT2D eigenvalue weighted by molar-refractivity contribution is 9.10. The number of Topliss-reactive ketones (excluding diaryl/α,β-unsaturated/α-hetero) is 1. The molecule has 1 nitrogen and oxygen atoms in total. The molecule has 0 aliphatic heterocycles. The summed E-state index contributed by atoms with van der Waals surface area (Å²) < 4.78 is 1.03. The van der Waals surface area contributed by atoms with Crippen molar-refractivity contribution >= 4 is 21.7 Å². The molecule has 0 atom stereocenters. The Hall–Kier alpha value is -0.630. The molecule has 0 spiro atoms. The Morgan fingerprint density at radius 1 is 1.12 bits per heavy atom. The third-order valence-electron chi connectivity index (χ3n) is 3.52. The van der Waals surface area contributed by atoms with Gasteiger partial charge in [-0.2, -0.15) is 0 Å². The van der Waals surface area contributed by atoms with Crippen molar-refractivity contribution in [3.05, 3.63) is 34.3 Å². The van der Waals surface area contributed by atoms with Gasteiger partial charge in [-0.15, -0.1) is 0 Å². The van der Waals surface area contributed by atoms with Crippen LogP contribution in [0.4, 0.5) is 0 Å². The summed E-state index contributed by atoms with van der Waals surface area (Å²) in [5, 5.41) is 0. The molecule has 0 heterocycles. The Labute approximate surface area is 105 Å². The molecule has 0 radical (unpaired) electrons. The van der Waals surface area contributed by atoms with Gasteiger partial charge in [-0.25, -0.2) is 0 Å². The molecule has 1 aliphatic rings. The van der Waals surface area contributed by atoms with Crippen molar-refractivity contribution in [3.8, 4) is 0 Å². The molecule has 0 saturated heterocycles. The molecule has 0 amide bonds. The average Bonchev–Trinajstić information content (AvgIpc) is 2.30. The van der Waals surface area contributed by atoms with E-state index >= 15 is 0 Å². The van der Waals surface area contributed by atoms with Crippen LogP contribution in [0.5, 0.6) is 0 Å². The highest BCUT2D eigenvalue weighted by atomic mass is 79.9. The van der Waals surface area contributed by atoms with E-state index in [2.05, 4.69) is 22.9 Å². The van der Waals surface area contributed by atoms with Gasteiger partial charge < -0.3 is 0 Å². The summed E-state index contributed by atoms with van der Waals surface area (Å²) in [5.41, 5.74) is 0.864. The molecule has 1 fully saturated rings. The molecule has 1 aliphatic carbocycles. The summed E-state index contributed by atoms with van der Waals surface area (Å²) in [6, 6.07) is 7.73. The lowest BCUT2D eigenvalue weighted by atomic mass is 9.79. The van der Waals surface area contributed by atoms with Crippen LogP contribution in [0.25, 0.3) is 0 Å². The van der Waals surface area contributed by atoms with Crippen molar-refractivity contribution < 1.29 is 4.79 Å². The molecule has 0 aromatic heterocycles. The van der Waals surface area contributed by atoms with E-state index < -0.39 is 0 Å². The third kappa shape index (κ3) is 2.73.